The van der Waals surface area contributed by atoms with Crippen LogP contribution in [0.4, 0.5) is 4.39 Å². The van der Waals surface area contributed by atoms with Crippen molar-refractivity contribution < 1.29 is 28.2 Å². The predicted octanol–water partition coefficient (Wildman–Crippen LogP) is 3.32. The second kappa shape index (κ2) is 7.06. The number of hydrogen-bond acceptors (Lipinski definition) is 4. The van der Waals surface area contributed by atoms with E-state index in [1.807, 2.05) is 0 Å². The van der Waals surface area contributed by atoms with E-state index in [0.29, 0.717) is 18.1 Å². The van der Waals surface area contributed by atoms with Crippen LogP contribution in [0.1, 0.15) is 35.6 Å². The summed E-state index contributed by atoms with van der Waals surface area (Å²) in [6.45, 7) is 0.551. The summed E-state index contributed by atoms with van der Waals surface area (Å²) in [7, 11) is 0. The molecule has 3 atom stereocenters. The number of ether oxygens (including phenoxy) is 1. The first-order valence-electron chi connectivity index (χ1n) is 9.04. The summed E-state index contributed by atoms with van der Waals surface area (Å²) in [4.78, 5) is 25.9. The number of hydrogen-bond donors (Lipinski definition) is 1. The van der Waals surface area contributed by atoms with Gasteiger partial charge in [-0.05, 0) is 61.1 Å². The van der Waals surface area contributed by atoms with Gasteiger partial charge in [-0.1, -0.05) is 6.42 Å². The maximum atomic E-state index is 12.9. The molecule has 1 aliphatic carbocycles. The van der Waals surface area contributed by atoms with Gasteiger partial charge < -0.3 is 19.2 Å². The third kappa shape index (κ3) is 3.41. The molecule has 2 aromatic rings. The average Bonchev–Trinajstić information content (AvgIpc) is 3.35. The van der Waals surface area contributed by atoms with E-state index < -0.39 is 17.9 Å². The SMILES string of the molecule is O=C(O)C1C2CCCC2CN1C(=O)c1ccc(COc2ccc(F)cc2)o1. The number of nitrogens with zero attached hydrogens (tertiary/aromatic N) is 1. The highest BCUT2D eigenvalue weighted by Gasteiger charge is 2.50. The van der Waals surface area contributed by atoms with Crippen molar-refractivity contribution in [1.82, 2.24) is 4.90 Å². The summed E-state index contributed by atoms with van der Waals surface area (Å²) in [5.41, 5.74) is 0. The van der Waals surface area contributed by atoms with Crippen LogP contribution in [0.3, 0.4) is 0 Å². The van der Waals surface area contributed by atoms with Gasteiger partial charge in [-0.2, -0.15) is 0 Å². The van der Waals surface area contributed by atoms with E-state index in [9.17, 15) is 19.1 Å². The number of furan rings is 1. The van der Waals surface area contributed by atoms with Crippen molar-refractivity contribution in [2.24, 2.45) is 11.8 Å². The number of likely N-dealkylation sites (tertiary alicyclic amines) is 1. The fraction of sp³-hybridized carbons (Fsp3) is 0.400. The Labute approximate surface area is 155 Å². The molecule has 1 saturated heterocycles. The topological polar surface area (TPSA) is 80.0 Å². The fourth-order valence-electron chi connectivity index (χ4n) is 4.23. The highest BCUT2D eigenvalue weighted by Crippen LogP contribution is 2.42. The van der Waals surface area contributed by atoms with E-state index in [1.54, 1.807) is 12.1 Å². The Kier molecular flexibility index (Phi) is 4.59. The van der Waals surface area contributed by atoms with Gasteiger partial charge in [0.1, 0.15) is 30.0 Å². The smallest absolute Gasteiger partial charge is 0.326 e. The predicted molar refractivity (Wildman–Crippen MR) is 92.7 cm³/mol. The first kappa shape index (κ1) is 17.6. The molecule has 0 bridgehead atoms. The van der Waals surface area contributed by atoms with Gasteiger partial charge in [-0.25, -0.2) is 9.18 Å². The number of carbonyl (C=O) groups excluding carboxylic acids is 1. The molecule has 27 heavy (non-hydrogen) atoms. The molecule has 142 valence electrons. The lowest BCUT2D eigenvalue weighted by Crippen LogP contribution is -2.43. The second-order valence-electron chi connectivity index (χ2n) is 7.10. The lowest BCUT2D eigenvalue weighted by molar-refractivity contribution is -0.142. The minimum Gasteiger partial charge on any atom is -0.486 e. The monoisotopic (exact) mass is 373 g/mol. The van der Waals surface area contributed by atoms with Gasteiger partial charge in [0.2, 0.25) is 0 Å². The molecule has 2 fully saturated rings. The zero-order chi connectivity index (χ0) is 19.0. The maximum Gasteiger partial charge on any atom is 0.326 e. The lowest BCUT2D eigenvalue weighted by atomic mass is 9.94. The van der Waals surface area contributed by atoms with Crippen LogP contribution in [-0.2, 0) is 11.4 Å². The number of amides is 1. The van der Waals surface area contributed by atoms with Crippen LogP contribution in [0.25, 0.3) is 0 Å². The fourth-order valence-corrected chi connectivity index (χ4v) is 4.23. The third-order valence-corrected chi connectivity index (χ3v) is 5.47. The standard InChI is InChI=1S/C20H20FNO5/c21-13-4-6-14(7-5-13)26-11-15-8-9-17(27-15)19(23)22-10-12-2-1-3-16(12)18(22)20(24)25/h4-9,12,16,18H,1-3,10-11H2,(H,24,25). The number of benzene rings is 1. The van der Waals surface area contributed by atoms with Crippen LogP contribution < -0.4 is 4.74 Å². The number of carboxylic acids is 1. The van der Waals surface area contributed by atoms with Crippen molar-refractivity contribution in [2.75, 3.05) is 6.54 Å². The summed E-state index contributed by atoms with van der Waals surface area (Å²) in [6.07, 6.45) is 2.83. The van der Waals surface area contributed by atoms with Crippen LogP contribution in [-0.4, -0.2) is 34.5 Å². The molecular formula is C20H20FNO5. The number of halogens is 1. The van der Waals surface area contributed by atoms with Gasteiger partial charge in [-0.15, -0.1) is 0 Å². The minimum absolute atomic E-state index is 0.0303. The largest absolute Gasteiger partial charge is 0.486 e. The van der Waals surface area contributed by atoms with E-state index in [1.165, 1.54) is 29.2 Å². The van der Waals surface area contributed by atoms with Gasteiger partial charge in [-0.3, -0.25) is 4.79 Å². The molecule has 1 saturated carbocycles. The summed E-state index contributed by atoms with van der Waals surface area (Å²) in [5.74, 6) is -0.383. The van der Waals surface area contributed by atoms with Crippen molar-refractivity contribution in [3.63, 3.8) is 0 Å². The lowest BCUT2D eigenvalue weighted by Gasteiger charge is -2.23. The first-order chi connectivity index (χ1) is 13.0. The van der Waals surface area contributed by atoms with Crippen LogP contribution in [0.5, 0.6) is 5.75 Å². The Balaban J connectivity index is 1.43. The molecule has 1 aliphatic heterocycles. The van der Waals surface area contributed by atoms with Crippen molar-refractivity contribution in [2.45, 2.75) is 31.9 Å². The Hall–Kier alpha value is -2.83. The molecule has 7 heteroatoms. The second-order valence-corrected chi connectivity index (χ2v) is 7.10. The highest BCUT2D eigenvalue weighted by atomic mass is 19.1. The van der Waals surface area contributed by atoms with Crippen molar-refractivity contribution in [3.05, 3.63) is 53.7 Å². The van der Waals surface area contributed by atoms with Crippen LogP contribution >= 0.6 is 0 Å². The molecule has 0 radical (unpaired) electrons. The molecule has 3 unspecified atom stereocenters. The third-order valence-electron chi connectivity index (χ3n) is 5.47. The summed E-state index contributed by atoms with van der Waals surface area (Å²) >= 11 is 0. The molecule has 1 aromatic heterocycles. The molecule has 2 aliphatic rings. The quantitative estimate of drug-likeness (QED) is 0.870. The summed E-state index contributed by atoms with van der Waals surface area (Å²) in [5, 5.41) is 9.59. The molecular weight excluding hydrogens is 353 g/mol. The van der Waals surface area contributed by atoms with Gasteiger partial charge in [0, 0.05) is 6.54 Å². The van der Waals surface area contributed by atoms with Crippen molar-refractivity contribution in [1.29, 1.82) is 0 Å². The summed E-state index contributed by atoms with van der Waals surface area (Å²) < 4.78 is 24.0. The van der Waals surface area contributed by atoms with Crippen molar-refractivity contribution in [3.8, 4) is 5.75 Å². The Morgan fingerprint density at radius 3 is 2.70 bits per heavy atom. The van der Waals surface area contributed by atoms with Gasteiger partial charge in [0.15, 0.2) is 5.76 Å². The van der Waals surface area contributed by atoms with E-state index in [2.05, 4.69) is 0 Å². The number of fused-ring (bicyclic) bond motifs is 1. The molecule has 0 spiro atoms. The molecule has 1 N–H and O–H groups in total. The molecule has 1 aromatic carbocycles. The first-order valence-corrected chi connectivity index (χ1v) is 9.04. The molecule has 6 nitrogen and oxygen atoms in total. The van der Waals surface area contributed by atoms with Crippen molar-refractivity contribution >= 4 is 11.9 Å². The molecule has 2 heterocycles. The van der Waals surface area contributed by atoms with Gasteiger partial charge in [0.05, 0.1) is 0 Å². The van der Waals surface area contributed by atoms with Gasteiger partial charge >= 0.3 is 5.97 Å². The zero-order valence-corrected chi connectivity index (χ0v) is 14.6. The van der Waals surface area contributed by atoms with Crippen LogP contribution in [0, 0.1) is 17.7 Å². The normalized spacial score (nSPS) is 24.0. The Morgan fingerprint density at radius 1 is 1.19 bits per heavy atom. The number of aliphatic carboxylic acids is 1. The van der Waals surface area contributed by atoms with Crippen LogP contribution in [0.15, 0.2) is 40.8 Å². The maximum absolute atomic E-state index is 12.9. The average molecular weight is 373 g/mol. The molecule has 1 amide bonds. The highest BCUT2D eigenvalue weighted by molar-refractivity contribution is 5.95. The number of carboxylic acid groups (broad SMARTS) is 1. The van der Waals surface area contributed by atoms with E-state index in [-0.39, 0.29) is 30.0 Å². The Bertz CT molecular complexity index is 846. The molecule has 4 rings (SSSR count). The minimum atomic E-state index is -0.954. The van der Waals surface area contributed by atoms with E-state index in [0.717, 1.165) is 19.3 Å². The summed E-state index contributed by atoms with van der Waals surface area (Å²) in [6, 6.07) is 7.98. The van der Waals surface area contributed by atoms with E-state index >= 15 is 0 Å². The zero-order valence-electron chi connectivity index (χ0n) is 14.6. The number of carbonyl (C=O) groups is 2. The number of rotatable bonds is 5. The van der Waals surface area contributed by atoms with Gasteiger partial charge in [0.25, 0.3) is 5.91 Å². The van der Waals surface area contributed by atoms with E-state index in [4.69, 9.17) is 9.15 Å². The Morgan fingerprint density at radius 2 is 1.96 bits per heavy atom. The van der Waals surface area contributed by atoms with Crippen LogP contribution in [0.2, 0.25) is 0 Å².